The lowest BCUT2D eigenvalue weighted by Crippen LogP contribution is -2.25. The maximum atomic E-state index is 11.2. The number of carbonyl (C=O) groups is 2. The van der Waals surface area contributed by atoms with Crippen LogP contribution in [0.4, 0.5) is 11.4 Å². The van der Waals surface area contributed by atoms with Gasteiger partial charge >= 0.3 is 5.97 Å². The van der Waals surface area contributed by atoms with Crippen LogP contribution in [-0.4, -0.2) is 24.5 Å². The van der Waals surface area contributed by atoms with Crippen LogP contribution in [0, 0.1) is 5.92 Å². The van der Waals surface area contributed by atoms with Gasteiger partial charge in [-0.05, 0) is 60.1 Å². The molecule has 29 heavy (non-hydrogen) atoms. The van der Waals surface area contributed by atoms with Gasteiger partial charge in [-0.3, -0.25) is 9.59 Å². The minimum atomic E-state index is -0.646. The Morgan fingerprint density at radius 2 is 1.59 bits per heavy atom. The van der Waals surface area contributed by atoms with Gasteiger partial charge in [-0.25, -0.2) is 0 Å². The summed E-state index contributed by atoms with van der Waals surface area (Å²) in [5.41, 5.74) is 4.35. The number of hydrogen-bond acceptors (Lipinski definition) is 3. The molecule has 5 nitrogen and oxygen atoms in total. The van der Waals surface area contributed by atoms with Crippen LogP contribution in [0.2, 0.25) is 0 Å². The zero-order chi connectivity index (χ0) is 21.2. The quantitative estimate of drug-likeness (QED) is 0.566. The van der Waals surface area contributed by atoms with Crippen LogP contribution in [0.25, 0.3) is 0 Å². The number of hydrogen-bond donors (Lipinski definition) is 3. The summed E-state index contributed by atoms with van der Waals surface area (Å²) in [6.07, 6.45) is 4.68. The summed E-state index contributed by atoms with van der Waals surface area (Å²) >= 11 is 0. The van der Waals surface area contributed by atoms with Crippen LogP contribution in [-0.2, 0) is 9.59 Å². The smallest absolute Gasteiger partial charge is 0.307 e. The van der Waals surface area contributed by atoms with Gasteiger partial charge in [-0.15, -0.1) is 0 Å². The van der Waals surface area contributed by atoms with Gasteiger partial charge in [0.25, 0.3) is 0 Å². The molecule has 1 saturated carbocycles. The Bertz CT molecular complexity index is 770. The summed E-state index contributed by atoms with van der Waals surface area (Å²) in [5, 5.41) is 14.9. The highest BCUT2D eigenvalue weighted by atomic mass is 16.4. The maximum Gasteiger partial charge on any atom is 0.307 e. The fourth-order valence-electron chi connectivity index (χ4n) is 3.75. The average Bonchev–Trinajstić information content (AvgIpc) is 2.75. The molecule has 5 heteroatoms. The summed E-state index contributed by atoms with van der Waals surface area (Å²) in [4.78, 5) is 21.3. The Labute approximate surface area is 173 Å². The number of carboxylic acids is 1. The molecule has 1 aliphatic carbocycles. The molecule has 0 bridgehead atoms. The summed E-state index contributed by atoms with van der Waals surface area (Å²) < 4.78 is 0. The maximum absolute atomic E-state index is 11.2. The standard InChI is InChI=1S/C14H19NO2.C10H13NO/c1-15-11-8-6-10(7-9-11)12-4-2-3-5-13(12)14(16)17;1-8(2)9-3-5-10(6-4-9)11-7-12/h6-9,12-13,15H,2-5H2,1H3,(H,16,17);3-8H,1-2H3,(H,11,12)/t12-,13?;/m0./s1. The molecule has 0 aliphatic heterocycles. The molecule has 3 rings (SSSR count). The van der Waals surface area contributed by atoms with E-state index in [2.05, 4.69) is 36.6 Å². The molecule has 1 unspecified atom stereocenters. The second kappa shape index (κ2) is 11.2. The van der Waals surface area contributed by atoms with Crippen LogP contribution in [0.3, 0.4) is 0 Å². The number of nitrogens with one attached hydrogen (secondary N) is 2. The molecule has 0 heterocycles. The molecule has 0 radical (unpaired) electrons. The van der Waals surface area contributed by atoms with E-state index < -0.39 is 5.97 Å². The fraction of sp³-hybridized carbons (Fsp3) is 0.417. The SMILES string of the molecule is CC(C)c1ccc(NC=O)cc1.CNc1ccc([C@@H]2CCCCC2C(=O)O)cc1. The van der Waals surface area contributed by atoms with Crippen LogP contribution in [0.1, 0.15) is 62.5 Å². The zero-order valence-corrected chi connectivity index (χ0v) is 17.5. The van der Waals surface area contributed by atoms with Gasteiger partial charge in [0.2, 0.25) is 6.41 Å². The van der Waals surface area contributed by atoms with Crippen LogP contribution in [0.5, 0.6) is 0 Å². The predicted molar refractivity (Wildman–Crippen MR) is 119 cm³/mol. The van der Waals surface area contributed by atoms with E-state index in [4.69, 9.17) is 0 Å². The van der Waals surface area contributed by atoms with E-state index in [9.17, 15) is 14.7 Å². The molecule has 0 spiro atoms. The number of carboxylic acid groups (broad SMARTS) is 1. The molecule has 3 N–H and O–H groups in total. The molecule has 2 atom stereocenters. The van der Waals surface area contributed by atoms with Crippen molar-refractivity contribution >= 4 is 23.8 Å². The Kier molecular flexibility index (Phi) is 8.71. The van der Waals surface area contributed by atoms with Gasteiger partial charge in [-0.1, -0.05) is 51.0 Å². The van der Waals surface area contributed by atoms with E-state index >= 15 is 0 Å². The zero-order valence-electron chi connectivity index (χ0n) is 17.5. The predicted octanol–water partition coefficient (Wildman–Crippen LogP) is 5.47. The van der Waals surface area contributed by atoms with E-state index in [1.165, 1.54) is 5.56 Å². The normalized spacial score (nSPS) is 18.3. The summed E-state index contributed by atoms with van der Waals surface area (Å²) in [6, 6.07) is 16.0. The molecular weight excluding hydrogens is 364 g/mol. The highest BCUT2D eigenvalue weighted by molar-refractivity contribution is 5.72. The topological polar surface area (TPSA) is 78.4 Å². The molecule has 2 aromatic carbocycles. The Balaban J connectivity index is 0.000000221. The Hall–Kier alpha value is -2.82. The first-order valence-electron chi connectivity index (χ1n) is 10.3. The fourth-order valence-corrected chi connectivity index (χ4v) is 3.75. The van der Waals surface area contributed by atoms with E-state index in [-0.39, 0.29) is 11.8 Å². The number of benzene rings is 2. The lowest BCUT2D eigenvalue weighted by atomic mass is 9.75. The van der Waals surface area contributed by atoms with Crippen molar-refractivity contribution in [1.29, 1.82) is 0 Å². The highest BCUT2D eigenvalue weighted by Crippen LogP contribution is 2.38. The third kappa shape index (κ3) is 6.63. The average molecular weight is 397 g/mol. The highest BCUT2D eigenvalue weighted by Gasteiger charge is 2.31. The van der Waals surface area contributed by atoms with Gasteiger partial charge in [0.1, 0.15) is 0 Å². The monoisotopic (exact) mass is 396 g/mol. The van der Waals surface area contributed by atoms with Crippen molar-refractivity contribution in [2.24, 2.45) is 5.92 Å². The first-order valence-corrected chi connectivity index (χ1v) is 10.3. The number of aliphatic carboxylic acids is 1. The molecule has 1 aliphatic rings. The molecule has 0 aromatic heterocycles. The molecule has 156 valence electrons. The first kappa shape index (κ1) is 22.5. The minimum Gasteiger partial charge on any atom is -0.481 e. The summed E-state index contributed by atoms with van der Waals surface area (Å²) in [5.74, 6) is -0.126. The van der Waals surface area contributed by atoms with Gasteiger partial charge in [0.05, 0.1) is 5.92 Å². The molecule has 0 saturated heterocycles. The molecule has 1 fully saturated rings. The van der Waals surface area contributed by atoms with Crippen LogP contribution < -0.4 is 10.6 Å². The number of carbonyl (C=O) groups excluding carboxylic acids is 1. The first-order chi connectivity index (χ1) is 14.0. The van der Waals surface area contributed by atoms with Crippen molar-refractivity contribution in [1.82, 2.24) is 0 Å². The van der Waals surface area contributed by atoms with Crippen molar-refractivity contribution in [2.45, 2.75) is 51.4 Å². The number of rotatable bonds is 6. The van der Waals surface area contributed by atoms with Crippen LogP contribution >= 0.6 is 0 Å². The Morgan fingerprint density at radius 1 is 1.00 bits per heavy atom. The lowest BCUT2D eigenvalue weighted by molar-refractivity contribution is -0.143. The van der Waals surface area contributed by atoms with Crippen molar-refractivity contribution in [3.8, 4) is 0 Å². The largest absolute Gasteiger partial charge is 0.481 e. The van der Waals surface area contributed by atoms with Crippen molar-refractivity contribution in [2.75, 3.05) is 17.7 Å². The third-order valence-electron chi connectivity index (χ3n) is 5.51. The van der Waals surface area contributed by atoms with Crippen molar-refractivity contribution in [3.63, 3.8) is 0 Å². The summed E-state index contributed by atoms with van der Waals surface area (Å²) in [6.45, 7) is 4.28. The van der Waals surface area contributed by atoms with Crippen LogP contribution in [0.15, 0.2) is 48.5 Å². The second-order valence-corrected chi connectivity index (χ2v) is 7.75. The van der Waals surface area contributed by atoms with E-state index in [0.29, 0.717) is 12.3 Å². The van der Waals surface area contributed by atoms with E-state index in [1.807, 2.05) is 43.4 Å². The molecule has 2 aromatic rings. The Morgan fingerprint density at radius 3 is 2.10 bits per heavy atom. The van der Waals surface area contributed by atoms with E-state index in [0.717, 1.165) is 42.6 Å². The van der Waals surface area contributed by atoms with Crippen molar-refractivity contribution in [3.05, 3.63) is 59.7 Å². The van der Waals surface area contributed by atoms with E-state index in [1.54, 1.807) is 0 Å². The lowest BCUT2D eigenvalue weighted by Gasteiger charge is -2.28. The number of amides is 1. The number of anilines is 2. The second-order valence-electron chi connectivity index (χ2n) is 7.75. The van der Waals surface area contributed by atoms with Gasteiger partial charge in [0.15, 0.2) is 0 Å². The van der Waals surface area contributed by atoms with Gasteiger partial charge < -0.3 is 15.7 Å². The molecule has 1 amide bonds. The van der Waals surface area contributed by atoms with Gasteiger partial charge in [0, 0.05) is 18.4 Å². The summed E-state index contributed by atoms with van der Waals surface area (Å²) in [7, 11) is 1.88. The minimum absolute atomic E-state index is 0.187. The van der Waals surface area contributed by atoms with Gasteiger partial charge in [-0.2, -0.15) is 0 Å². The van der Waals surface area contributed by atoms with Crippen molar-refractivity contribution < 1.29 is 14.7 Å². The molecular formula is C24H32N2O3. The third-order valence-corrected chi connectivity index (χ3v) is 5.51.